The number of rotatable bonds is 2. The molecule has 1 atom stereocenters. The zero-order valence-electron chi connectivity index (χ0n) is 11.1. The van der Waals surface area contributed by atoms with Crippen LogP contribution in [0.1, 0.15) is 20.8 Å². The van der Waals surface area contributed by atoms with Crippen LogP contribution in [0, 0.1) is 11.2 Å². The van der Waals surface area contributed by atoms with E-state index in [1.807, 2.05) is 18.7 Å². The first-order chi connectivity index (χ1) is 8.27. The van der Waals surface area contributed by atoms with Gasteiger partial charge in [-0.25, -0.2) is 4.98 Å². The van der Waals surface area contributed by atoms with E-state index >= 15 is 0 Å². The van der Waals surface area contributed by atoms with Gasteiger partial charge in [0.05, 0.1) is 18.9 Å². The fraction of sp³-hybridized carbons (Fsp3) is 0.667. The average Bonchev–Trinajstić information content (AvgIpc) is 2.49. The summed E-state index contributed by atoms with van der Waals surface area (Å²) in [5.74, 6) is -0.296. The molecule has 1 N–H and O–H groups in total. The molecule has 0 bridgehead atoms. The van der Waals surface area contributed by atoms with Crippen LogP contribution in [-0.2, 0) is 0 Å². The Morgan fingerprint density at radius 1 is 1.39 bits per heavy atom. The normalized spacial score (nSPS) is 26.4. The lowest BCUT2D eigenvalue weighted by Gasteiger charge is -2.30. The van der Waals surface area contributed by atoms with E-state index in [9.17, 15) is 9.50 Å². The lowest BCUT2D eigenvalue weighted by Crippen LogP contribution is -2.40. The number of ether oxygens (including phenoxy) is 1. The van der Waals surface area contributed by atoms with Crippen molar-refractivity contribution in [2.75, 3.05) is 25.1 Å². The molecule has 1 aliphatic heterocycles. The smallest absolute Gasteiger partial charge is 0.255 e. The molecule has 5 nitrogen and oxygen atoms in total. The van der Waals surface area contributed by atoms with Gasteiger partial charge in [-0.2, -0.15) is 9.37 Å². The molecule has 0 spiro atoms. The number of hydrogen-bond donors (Lipinski definition) is 1. The van der Waals surface area contributed by atoms with Crippen LogP contribution in [0.25, 0.3) is 0 Å². The molecule has 18 heavy (non-hydrogen) atoms. The van der Waals surface area contributed by atoms with Crippen molar-refractivity contribution in [1.82, 2.24) is 9.97 Å². The molecule has 2 rings (SSSR count). The highest BCUT2D eigenvalue weighted by molar-refractivity contribution is 5.37. The summed E-state index contributed by atoms with van der Waals surface area (Å²) in [7, 11) is 1.36. The molecule has 0 saturated carbocycles. The Hall–Kier alpha value is -1.43. The maximum absolute atomic E-state index is 13.2. The van der Waals surface area contributed by atoms with Crippen LogP contribution in [-0.4, -0.2) is 40.9 Å². The minimum atomic E-state index is -0.835. The topological polar surface area (TPSA) is 58.5 Å². The summed E-state index contributed by atoms with van der Waals surface area (Å²) in [5, 5.41) is 10.3. The van der Waals surface area contributed by atoms with Gasteiger partial charge in [0.2, 0.25) is 11.8 Å². The van der Waals surface area contributed by atoms with Gasteiger partial charge in [0, 0.05) is 18.5 Å². The Bertz CT molecular complexity index is 447. The summed E-state index contributed by atoms with van der Waals surface area (Å²) in [6.07, 6.45) is 1.08. The molecule has 0 amide bonds. The lowest BCUT2D eigenvalue weighted by molar-refractivity contribution is -0.00891. The maximum atomic E-state index is 13.2. The summed E-state index contributed by atoms with van der Waals surface area (Å²) in [5.41, 5.74) is -1.12. The van der Waals surface area contributed by atoms with E-state index < -0.39 is 11.4 Å². The van der Waals surface area contributed by atoms with Crippen LogP contribution in [0.4, 0.5) is 10.3 Å². The Labute approximate surface area is 106 Å². The average molecular weight is 255 g/mol. The molecular weight excluding hydrogens is 237 g/mol. The number of aromatic nitrogens is 2. The second-order valence-corrected chi connectivity index (χ2v) is 5.54. The first-order valence-corrected chi connectivity index (χ1v) is 5.81. The van der Waals surface area contributed by atoms with E-state index in [1.165, 1.54) is 7.11 Å². The molecule has 100 valence electrons. The Balaban J connectivity index is 2.30. The van der Waals surface area contributed by atoms with Gasteiger partial charge in [-0.15, -0.1) is 0 Å². The molecule has 0 aliphatic carbocycles. The predicted molar refractivity (Wildman–Crippen MR) is 65.2 cm³/mol. The Kier molecular flexibility index (Phi) is 2.93. The van der Waals surface area contributed by atoms with Gasteiger partial charge in [0.1, 0.15) is 0 Å². The minimum Gasteiger partial charge on any atom is -0.479 e. The number of nitrogens with zero attached hydrogens (tertiary/aromatic N) is 3. The maximum Gasteiger partial charge on any atom is 0.255 e. The molecule has 0 radical (unpaired) electrons. The highest BCUT2D eigenvalue weighted by Gasteiger charge is 2.48. The van der Waals surface area contributed by atoms with Crippen molar-refractivity contribution in [2.45, 2.75) is 26.4 Å². The first kappa shape index (κ1) is 13.0. The van der Waals surface area contributed by atoms with Gasteiger partial charge >= 0.3 is 0 Å². The first-order valence-electron chi connectivity index (χ1n) is 5.81. The number of hydrogen-bond acceptors (Lipinski definition) is 5. The highest BCUT2D eigenvalue weighted by Crippen LogP contribution is 2.39. The van der Waals surface area contributed by atoms with Gasteiger partial charge < -0.3 is 14.7 Å². The SMILES string of the molecule is COc1nc(N2CC(C)(C)[C@@](C)(O)C2)ncc1F. The summed E-state index contributed by atoms with van der Waals surface area (Å²) in [6.45, 7) is 6.76. The van der Waals surface area contributed by atoms with E-state index in [2.05, 4.69) is 9.97 Å². The fourth-order valence-electron chi connectivity index (χ4n) is 2.07. The van der Waals surface area contributed by atoms with Crippen molar-refractivity contribution in [3.05, 3.63) is 12.0 Å². The second-order valence-electron chi connectivity index (χ2n) is 5.54. The summed E-state index contributed by atoms with van der Waals surface area (Å²) < 4.78 is 18.1. The lowest BCUT2D eigenvalue weighted by atomic mass is 9.79. The molecule has 6 heteroatoms. The molecule has 1 aliphatic rings. The van der Waals surface area contributed by atoms with Crippen LogP contribution >= 0.6 is 0 Å². The third kappa shape index (κ3) is 2.01. The number of halogens is 1. The largest absolute Gasteiger partial charge is 0.479 e. The van der Waals surface area contributed by atoms with E-state index in [0.717, 1.165) is 6.20 Å². The highest BCUT2D eigenvalue weighted by atomic mass is 19.1. The number of aliphatic hydroxyl groups is 1. The monoisotopic (exact) mass is 255 g/mol. The molecule has 0 aromatic carbocycles. The second kappa shape index (κ2) is 4.05. The van der Waals surface area contributed by atoms with Crippen molar-refractivity contribution in [3.8, 4) is 5.88 Å². The van der Waals surface area contributed by atoms with Gasteiger partial charge in [0.25, 0.3) is 5.88 Å². The molecule has 0 unspecified atom stereocenters. The quantitative estimate of drug-likeness (QED) is 0.861. The molecular formula is C12H18FN3O2. The van der Waals surface area contributed by atoms with Crippen LogP contribution in [0.15, 0.2) is 6.20 Å². The van der Waals surface area contributed by atoms with Crippen molar-refractivity contribution in [1.29, 1.82) is 0 Å². The summed E-state index contributed by atoms with van der Waals surface area (Å²) in [4.78, 5) is 9.79. The van der Waals surface area contributed by atoms with E-state index in [-0.39, 0.29) is 11.3 Å². The molecule has 1 saturated heterocycles. The number of anilines is 1. The summed E-state index contributed by atoms with van der Waals surface area (Å²) in [6, 6.07) is 0. The standard InChI is InChI=1S/C12H18FN3O2/c1-11(2)6-16(7-12(11,3)17)10-14-5-8(13)9(15-10)18-4/h5,17H,6-7H2,1-4H3/t12-/m0/s1. The van der Waals surface area contributed by atoms with Gasteiger partial charge in [-0.3, -0.25) is 0 Å². The Morgan fingerprint density at radius 3 is 2.56 bits per heavy atom. The number of β-amino-alcohol motifs (C(OH)–C–C–N with tert-alkyl or cyclic N) is 1. The van der Waals surface area contributed by atoms with Gasteiger partial charge in [-0.05, 0) is 6.92 Å². The van der Waals surface area contributed by atoms with Crippen LogP contribution in [0.2, 0.25) is 0 Å². The van der Waals surface area contributed by atoms with Crippen LogP contribution in [0.5, 0.6) is 5.88 Å². The van der Waals surface area contributed by atoms with Crippen molar-refractivity contribution in [2.24, 2.45) is 5.41 Å². The molecule has 1 aromatic rings. The molecule has 2 heterocycles. The van der Waals surface area contributed by atoms with Gasteiger partial charge in [-0.1, -0.05) is 13.8 Å². The van der Waals surface area contributed by atoms with Crippen molar-refractivity contribution < 1.29 is 14.2 Å². The van der Waals surface area contributed by atoms with Crippen molar-refractivity contribution in [3.63, 3.8) is 0 Å². The predicted octanol–water partition coefficient (Wildman–Crippen LogP) is 1.22. The summed E-state index contributed by atoms with van der Waals surface area (Å²) >= 11 is 0. The van der Waals surface area contributed by atoms with Crippen LogP contribution in [0.3, 0.4) is 0 Å². The molecule has 1 aromatic heterocycles. The minimum absolute atomic E-state index is 0.0793. The van der Waals surface area contributed by atoms with E-state index in [4.69, 9.17) is 4.74 Å². The fourth-order valence-corrected chi connectivity index (χ4v) is 2.07. The number of methoxy groups -OCH3 is 1. The third-order valence-electron chi connectivity index (χ3n) is 3.72. The van der Waals surface area contributed by atoms with Crippen LogP contribution < -0.4 is 9.64 Å². The zero-order chi connectivity index (χ0) is 13.6. The third-order valence-corrected chi connectivity index (χ3v) is 3.72. The van der Waals surface area contributed by atoms with Crippen molar-refractivity contribution >= 4 is 5.95 Å². The van der Waals surface area contributed by atoms with Gasteiger partial charge in [0.15, 0.2) is 0 Å². The Morgan fingerprint density at radius 2 is 2.06 bits per heavy atom. The van der Waals surface area contributed by atoms with E-state index in [1.54, 1.807) is 6.92 Å². The zero-order valence-corrected chi connectivity index (χ0v) is 11.1. The molecule has 1 fully saturated rings. The van der Waals surface area contributed by atoms with E-state index in [0.29, 0.717) is 19.0 Å².